The van der Waals surface area contributed by atoms with E-state index in [-0.39, 0.29) is 17.9 Å². The van der Waals surface area contributed by atoms with Crippen molar-refractivity contribution in [2.24, 2.45) is 0 Å². The molecule has 0 unspecified atom stereocenters. The first kappa shape index (κ1) is 26.3. The fourth-order valence-electron chi connectivity index (χ4n) is 3.69. The normalized spacial score (nSPS) is 10.9. The van der Waals surface area contributed by atoms with Crippen molar-refractivity contribution in [2.75, 3.05) is 11.9 Å². The zero-order valence-electron chi connectivity index (χ0n) is 20.2. The lowest BCUT2D eigenvalue weighted by atomic mass is 10.0. The topological polar surface area (TPSA) is 105 Å². The average Bonchev–Trinajstić information content (AvgIpc) is 2.93. The number of fused-ring (bicyclic) bond motifs is 1. The summed E-state index contributed by atoms with van der Waals surface area (Å²) >= 11 is 3.38. The minimum absolute atomic E-state index is 0.186. The van der Waals surface area contributed by atoms with Gasteiger partial charge in [0, 0.05) is 15.7 Å². The van der Waals surface area contributed by atoms with E-state index in [0.717, 1.165) is 10.8 Å². The number of hydrogen-bond acceptors (Lipinski definition) is 6. The molecule has 4 rings (SSSR count). The van der Waals surface area contributed by atoms with Crippen LogP contribution < -0.4 is 10.1 Å². The fraction of sp³-hybridized carbons (Fsp3) is 0.0667. The number of amides is 1. The fourth-order valence-corrected chi connectivity index (χ4v) is 4.07. The summed E-state index contributed by atoms with van der Waals surface area (Å²) in [6.45, 7) is 1.96. The van der Waals surface area contributed by atoms with Crippen molar-refractivity contribution in [3.05, 3.63) is 112 Å². The molecule has 0 radical (unpaired) electrons. The highest BCUT2D eigenvalue weighted by Gasteiger charge is 2.17. The van der Waals surface area contributed by atoms with Crippen LogP contribution in [0, 0.1) is 11.3 Å². The van der Waals surface area contributed by atoms with Crippen LogP contribution in [0.4, 0.5) is 5.69 Å². The molecule has 4 aromatic carbocycles. The molecule has 0 aliphatic heterocycles. The van der Waals surface area contributed by atoms with Gasteiger partial charge in [-0.3, -0.25) is 4.79 Å². The maximum absolute atomic E-state index is 13.1. The number of carbonyl (C=O) groups excluding carboxylic acids is 3. The average molecular weight is 569 g/mol. The Morgan fingerprint density at radius 2 is 1.68 bits per heavy atom. The SMILES string of the molecule is CCOC(=O)c1ccc(NC(=O)/C(C#N)=C/c2cc(Br)ccc2OC(=O)c2cccc3ccccc23)cc1. The summed E-state index contributed by atoms with van der Waals surface area (Å²) in [4.78, 5) is 37.7. The Bertz CT molecular complexity index is 1600. The van der Waals surface area contributed by atoms with Crippen molar-refractivity contribution in [3.63, 3.8) is 0 Å². The largest absolute Gasteiger partial charge is 0.462 e. The van der Waals surface area contributed by atoms with Gasteiger partial charge >= 0.3 is 11.9 Å². The second-order valence-electron chi connectivity index (χ2n) is 8.02. The van der Waals surface area contributed by atoms with E-state index in [0.29, 0.717) is 26.9 Å². The molecule has 7 nitrogen and oxygen atoms in total. The number of nitriles is 1. The highest BCUT2D eigenvalue weighted by molar-refractivity contribution is 9.10. The van der Waals surface area contributed by atoms with Gasteiger partial charge in [-0.2, -0.15) is 5.26 Å². The van der Waals surface area contributed by atoms with Crippen LogP contribution in [-0.2, 0) is 9.53 Å². The Morgan fingerprint density at radius 1 is 0.947 bits per heavy atom. The van der Waals surface area contributed by atoms with Crippen LogP contribution in [-0.4, -0.2) is 24.5 Å². The molecule has 1 N–H and O–H groups in total. The van der Waals surface area contributed by atoms with Gasteiger partial charge < -0.3 is 14.8 Å². The summed E-state index contributed by atoms with van der Waals surface area (Å²) in [6.07, 6.45) is 1.35. The van der Waals surface area contributed by atoms with E-state index in [1.54, 1.807) is 37.3 Å². The number of carbonyl (C=O) groups is 3. The summed E-state index contributed by atoms with van der Waals surface area (Å²) in [7, 11) is 0. The van der Waals surface area contributed by atoms with Crippen LogP contribution in [0.15, 0.2) is 95.0 Å². The van der Waals surface area contributed by atoms with Gasteiger partial charge in [0.2, 0.25) is 0 Å². The Balaban J connectivity index is 1.57. The number of nitrogens with zero attached hydrogens (tertiary/aromatic N) is 1. The van der Waals surface area contributed by atoms with Gasteiger partial charge in [-0.25, -0.2) is 9.59 Å². The van der Waals surface area contributed by atoms with Gasteiger partial charge in [-0.1, -0.05) is 52.3 Å². The third-order valence-electron chi connectivity index (χ3n) is 5.50. The molecule has 0 atom stereocenters. The Hall–Kier alpha value is -4.74. The maximum atomic E-state index is 13.1. The number of rotatable bonds is 7. The van der Waals surface area contributed by atoms with Crippen LogP contribution in [0.25, 0.3) is 16.8 Å². The summed E-state index contributed by atoms with van der Waals surface area (Å²) in [5, 5.41) is 14.0. The number of benzene rings is 4. The maximum Gasteiger partial charge on any atom is 0.344 e. The molecule has 0 aromatic heterocycles. The molecule has 8 heteroatoms. The van der Waals surface area contributed by atoms with Crippen molar-refractivity contribution in [1.82, 2.24) is 0 Å². The highest BCUT2D eigenvalue weighted by Crippen LogP contribution is 2.28. The van der Waals surface area contributed by atoms with Gasteiger partial charge in [0.05, 0.1) is 17.7 Å². The quantitative estimate of drug-likeness (QED) is 0.117. The number of nitrogens with one attached hydrogen (secondary N) is 1. The first-order chi connectivity index (χ1) is 18.4. The van der Waals surface area contributed by atoms with Gasteiger partial charge in [-0.05, 0) is 72.3 Å². The molecular formula is C30H21BrN2O5. The van der Waals surface area contributed by atoms with E-state index in [2.05, 4.69) is 21.2 Å². The van der Waals surface area contributed by atoms with Crippen molar-refractivity contribution in [1.29, 1.82) is 5.26 Å². The minimum Gasteiger partial charge on any atom is -0.462 e. The minimum atomic E-state index is -0.664. The summed E-state index contributed by atoms with van der Waals surface area (Å²) in [5.74, 6) is -1.51. The number of halogens is 1. The molecule has 1 amide bonds. The molecule has 0 bridgehead atoms. The Labute approximate surface area is 227 Å². The first-order valence-corrected chi connectivity index (χ1v) is 12.4. The van der Waals surface area contributed by atoms with E-state index in [1.165, 1.54) is 30.3 Å². The van der Waals surface area contributed by atoms with E-state index in [4.69, 9.17) is 9.47 Å². The van der Waals surface area contributed by atoms with Crippen molar-refractivity contribution < 1.29 is 23.9 Å². The van der Waals surface area contributed by atoms with Gasteiger partial charge in [0.25, 0.3) is 5.91 Å². The molecule has 0 saturated heterocycles. The Kier molecular flexibility index (Phi) is 8.31. The Morgan fingerprint density at radius 3 is 2.42 bits per heavy atom. The highest BCUT2D eigenvalue weighted by atomic mass is 79.9. The zero-order valence-corrected chi connectivity index (χ0v) is 21.8. The molecular weight excluding hydrogens is 548 g/mol. The summed E-state index contributed by atoms with van der Waals surface area (Å²) in [5.41, 5.74) is 1.27. The van der Waals surface area contributed by atoms with Crippen LogP contribution >= 0.6 is 15.9 Å². The monoisotopic (exact) mass is 568 g/mol. The second-order valence-corrected chi connectivity index (χ2v) is 8.94. The number of hydrogen-bond donors (Lipinski definition) is 1. The summed E-state index contributed by atoms with van der Waals surface area (Å²) in [6, 6.07) is 25.8. The number of ether oxygens (including phenoxy) is 2. The molecule has 188 valence electrons. The molecule has 4 aromatic rings. The van der Waals surface area contributed by atoms with Gasteiger partial charge in [0.15, 0.2) is 0 Å². The van der Waals surface area contributed by atoms with Crippen molar-refractivity contribution in [3.8, 4) is 11.8 Å². The standard InChI is InChI=1S/C30H21BrN2O5/c1-2-37-29(35)20-10-13-24(14-11-20)33-28(34)22(18-32)16-21-17-23(31)12-15-27(21)38-30(36)26-9-5-7-19-6-3-4-8-25(19)26/h3-17H,2H2,1H3,(H,33,34)/b22-16+. The first-order valence-electron chi connectivity index (χ1n) is 11.6. The third-order valence-corrected chi connectivity index (χ3v) is 6.00. The lowest BCUT2D eigenvalue weighted by molar-refractivity contribution is -0.112. The number of anilines is 1. The number of esters is 2. The van der Waals surface area contributed by atoms with E-state index in [1.807, 2.05) is 36.4 Å². The lowest BCUT2D eigenvalue weighted by Crippen LogP contribution is -2.14. The molecule has 0 spiro atoms. The van der Waals surface area contributed by atoms with Crippen LogP contribution in [0.3, 0.4) is 0 Å². The van der Waals surface area contributed by atoms with Gasteiger partial charge in [-0.15, -0.1) is 0 Å². The molecule has 0 saturated carbocycles. The molecule has 0 fully saturated rings. The predicted octanol–water partition coefficient (Wildman–Crippen LogP) is 6.54. The van der Waals surface area contributed by atoms with Crippen molar-refractivity contribution >= 4 is 56.3 Å². The smallest absolute Gasteiger partial charge is 0.344 e. The third kappa shape index (κ3) is 6.14. The molecule has 38 heavy (non-hydrogen) atoms. The van der Waals surface area contributed by atoms with Crippen LogP contribution in [0.5, 0.6) is 5.75 Å². The lowest BCUT2D eigenvalue weighted by Gasteiger charge is -2.11. The van der Waals surface area contributed by atoms with E-state index in [9.17, 15) is 19.6 Å². The van der Waals surface area contributed by atoms with Gasteiger partial charge in [0.1, 0.15) is 17.4 Å². The molecule has 0 aliphatic rings. The van der Waals surface area contributed by atoms with Crippen molar-refractivity contribution in [2.45, 2.75) is 6.92 Å². The van der Waals surface area contributed by atoms with E-state index < -0.39 is 17.8 Å². The molecule has 0 aliphatic carbocycles. The predicted molar refractivity (Wildman–Crippen MR) is 148 cm³/mol. The summed E-state index contributed by atoms with van der Waals surface area (Å²) < 4.78 is 11.3. The van der Waals surface area contributed by atoms with Crippen LogP contribution in [0.2, 0.25) is 0 Å². The van der Waals surface area contributed by atoms with Crippen LogP contribution in [0.1, 0.15) is 33.2 Å². The van der Waals surface area contributed by atoms with E-state index >= 15 is 0 Å². The second kappa shape index (κ2) is 12.0. The molecule has 0 heterocycles. The zero-order chi connectivity index (χ0) is 27.1.